The lowest BCUT2D eigenvalue weighted by atomic mass is 10.3. The number of para-hydroxylation sites is 1. The monoisotopic (exact) mass is 432 g/mol. The summed E-state index contributed by atoms with van der Waals surface area (Å²) in [6.07, 6.45) is 2.08. The van der Waals surface area contributed by atoms with Gasteiger partial charge in [0.05, 0.1) is 17.8 Å². The van der Waals surface area contributed by atoms with Gasteiger partial charge in [-0.25, -0.2) is 9.78 Å². The Morgan fingerprint density at radius 2 is 1.93 bits per heavy atom. The number of hydrogen-bond donors (Lipinski definition) is 3. The van der Waals surface area contributed by atoms with E-state index in [4.69, 9.17) is 11.6 Å². The van der Waals surface area contributed by atoms with E-state index in [1.54, 1.807) is 41.4 Å². The Hall–Kier alpha value is -2.55. The van der Waals surface area contributed by atoms with Gasteiger partial charge in [0.2, 0.25) is 5.91 Å². The highest BCUT2D eigenvalue weighted by Gasteiger charge is 2.11. The van der Waals surface area contributed by atoms with E-state index in [9.17, 15) is 9.59 Å². The first-order chi connectivity index (χ1) is 13.5. The fourth-order valence-corrected chi connectivity index (χ4v) is 3.83. The van der Waals surface area contributed by atoms with Crippen molar-refractivity contribution in [3.05, 3.63) is 64.6 Å². The summed E-state index contributed by atoms with van der Waals surface area (Å²) in [5.74, 6) is -0.165. The first-order valence-corrected chi connectivity index (χ1v) is 10.7. The van der Waals surface area contributed by atoms with Crippen molar-refractivity contribution in [2.75, 3.05) is 22.2 Å². The Bertz CT molecular complexity index is 993. The number of thioether (sulfide) groups is 1. The first kappa shape index (κ1) is 20.2. The zero-order valence-corrected chi connectivity index (χ0v) is 17.3. The van der Waals surface area contributed by atoms with E-state index < -0.39 is 6.03 Å². The number of rotatable bonds is 6. The van der Waals surface area contributed by atoms with Crippen molar-refractivity contribution >= 4 is 63.1 Å². The minimum atomic E-state index is -0.429. The number of halogens is 1. The van der Waals surface area contributed by atoms with Crippen LogP contribution >= 0.6 is 34.7 Å². The van der Waals surface area contributed by atoms with Crippen LogP contribution in [0.3, 0.4) is 0 Å². The highest BCUT2D eigenvalue weighted by molar-refractivity contribution is 7.98. The predicted molar refractivity (Wildman–Crippen MR) is 117 cm³/mol. The van der Waals surface area contributed by atoms with Gasteiger partial charge in [-0.1, -0.05) is 29.8 Å². The molecule has 3 amide bonds. The van der Waals surface area contributed by atoms with Gasteiger partial charge in [0.1, 0.15) is 0 Å². The van der Waals surface area contributed by atoms with Crippen molar-refractivity contribution in [3.8, 4) is 0 Å². The number of aromatic nitrogens is 1. The third-order valence-corrected chi connectivity index (χ3v) is 5.41. The fraction of sp³-hybridized carbons (Fsp3) is 0.105. The second-order valence-electron chi connectivity index (χ2n) is 5.66. The molecule has 1 heterocycles. The van der Waals surface area contributed by atoms with Crippen molar-refractivity contribution < 1.29 is 9.59 Å². The lowest BCUT2D eigenvalue weighted by Crippen LogP contribution is -2.19. The van der Waals surface area contributed by atoms with E-state index in [-0.39, 0.29) is 12.3 Å². The van der Waals surface area contributed by atoms with E-state index in [1.165, 1.54) is 11.3 Å². The fourth-order valence-electron chi connectivity index (χ4n) is 2.38. The van der Waals surface area contributed by atoms with E-state index in [0.29, 0.717) is 21.5 Å². The molecule has 0 unspecified atom stereocenters. The summed E-state index contributed by atoms with van der Waals surface area (Å²) in [5, 5.41) is 10.9. The number of carbonyl (C=O) groups excluding carboxylic acids is 2. The van der Waals surface area contributed by atoms with Crippen LogP contribution in [-0.2, 0) is 11.2 Å². The minimum Gasteiger partial charge on any atom is -0.325 e. The first-order valence-electron chi connectivity index (χ1n) is 8.24. The third-order valence-electron chi connectivity index (χ3n) is 3.58. The van der Waals surface area contributed by atoms with Crippen LogP contribution in [0.25, 0.3) is 0 Å². The molecule has 0 saturated carbocycles. The Labute approximate surface area is 175 Å². The molecule has 0 radical (unpaired) electrons. The number of benzene rings is 2. The molecule has 3 aromatic rings. The lowest BCUT2D eigenvalue weighted by molar-refractivity contribution is -0.115. The third kappa shape index (κ3) is 5.72. The molecule has 0 aliphatic heterocycles. The normalized spacial score (nSPS) is 10.4. The van der Waals surface area contributed by atoms with Crippen LogP contribution in [0.2, 0.25) is 5.02 Å². The van der Waals surface area contributed by atoms with Crippen LogP contribution < -0.4 is 16.0 Å². The molecule has 0 spiro atoms. The van der Waals surface area contributed by atoms with Crippen molar-refractivity contribution in [2.45, 2.75) is 11.3 Å². The smallest absolute Gasteiger partial charge is 0.325 e. The van der Waals surface area contributed by atoms with Crippen LogP contribution in [0.4, 0.5) is 21.3 Å². The lowest BCUT2D eigenvalue weighted by Gasteiger charge is -2.08. The maximum atomic E-state index is 12.3. The molecular weight excluding hydrogens is 416 g/mol. The van der Waals surface area contributed by atoms with E-state index in [1.807, 2.05) is 30.5 Å². The summed E-state index contributed by atoms with van der Waals surface area (Å²) in [7, 11) is 0. The largest absolute Gasteiger partial charge is 0.325 e. The molecule has 0 saturated heterocycles. The zero-order valence-electron chi connectivity index (χ0n) is 14.9. The molecule has 6 nitrogen and oxygen atoms in total. The number of urea groups is 1. The quantitative estimate of drug-likeness (QED) is 0.459. The summed E-state index contributed by atoms with van der Waals surface area (Å²) >= 11 is 8.72. The molecule has 0 aliphatic carbocycles. The molecule has 1 aromatic heterocycles. The number of carbonyl (C=O) groups is 2. The summed E-state index contributed by atoms with van der Waals surface area (Å²) in [6.45, 7) is 0. The predicted octanol–water partition coefficient (Wildman–Crippen LogP) is 5.34. The molecule has 2 aromatic carbocycles. The molecule has 0 fully saturated rings. The summed E-state index contributed by atoms with van der Waals surface area (Å²) in [5.41, 5.74) is 1.94. The maximum absolute atomic E-state index is 12.3. The van der Waals surface area contributed by atoms with Gasteiger partial charge in [-0.15, -0.1) is 23.1 Å². The number of nitrogens with zero attached hydrogens (tertiary/aromatic N) is 1. The zero-order chi connectivity index (χ0) is 19.9. The molecular formula is C19H17ClN4O2S2. The van der Waals surface area contributed by atoms with Gasteiger partial charge >= 0.3 is 6.03 Å². The number of amides is 3. The Morgan fingerprint density at radius 1 is 1.11 bits per heavy atom. The van der Waals surface area contributed by atoms with Crippen LogP contribution in [0.5, 0.6) is 0 Å². The SMILES string of the molecule is CSc1ccccc1NC(=O)Cc1csc(NC(=O)Nc2cccc(Cl)c2)n1. The van der Waals surface area contributed by atoms with Crippen molar-refractivity contribution in [2.24, 2.45) is 0 Å². The average molecular weight is 433 g/mol. The summed E-state index contributed by atoms with van der Waals surface area (Å²) in [6, 6.07) is 14.0. The van der Waals surface area contributed by atoms with Crippen molar-refractivity contribution in [1.82, 2.24) is 4.98 Å². The molecule has 144 valence electrons. The molecule has 9 heteroatoms. The van der Waals surface area contributed by atoms with Gasteiger partial charge in [0.25, 0.3) is 0 Å². The number of hydrogen-bond acceptors (Lipinski definition) is 5. The summed E-state index contributed by atoms with van der Waals surface area (Å²) in [4.78, 5) is 29.6. The van der Waals surface area contributed by atoms with Crippen LogP contribution in [0, 0.1) is 0 Å². The van der Waals surface area contributed by atoms with E-state index in [2.05, 4.69) is 20.9 Å². The number of anilines is 3. The van der Waals surface area contributed by atoms with Crippen molar-refractivity contribution in [3.63, 3.8) is 0 Å². The Morgan fingerprint density at radius 3 is 2.71 bits per heavy atom. The highest BCUT2D eigenvalue weighted by Crippen LogP contribution is 2.25. The van der Waals surface area contributed by atoms with Gasteiger partial charge in [0.15, 0.2) is 5.13 Å². The number of nitrogens with one attached hydrogen (secondary N) is 3. The Kier molecular flexibility index (Phi) is 6.91. The summed E-state index contributed by atoms with van der Waals surface area (Å²) < 4.78 is 0. The highest BCUT2D eigenvalue weighted by atomic mass is 35.5. The van der Waals surface area contributed by atoms with Gasteiger partial charge < -0.3 is 10.6 Å². The molecule has 28 heavy (non-hydrogen) atoms. The molecule has 3 N–H and O–H groups in total. The van der Waals surface area contributed by atoms with E-state index >= 15 is 0 Å². The second-order valence-corrected chi connectivity index (χ2v) is 7.80. The standard InChI is InChI=1S/C19H17ClN4O2S2/c1-27-16-8-3-2-7-15(16)23-17(25)10-14-11-28-19(22-14)24-18(26)21-13-6-4-5-12(20)9-13/h2-9,11H,10H2,1H3,(H,23,25)(H2,21,22,24,26). The van der Waals surface area contributed by atoms with Gasteiger partial charge in [-0.2, -0.15) is 0 Å². The topological polar surface area (TPSA) is 83.1 Å². The van der Waals surface area contributed by atoms with Crippen LogP contribution in [0.15, 0.2) is 58.8 Å². The molecule has 0 bridgehead atoms. The second kappa shape index (κ2) is 9.59. The maximum Gasteiger partial charge on any atom is 0.325 e. The van der Waals surface area contributed by atoms with E-state index in [0.717, 1.165) is 10.6 Å². The molecule has 0 atom stereocenters. The number of thiazole rings is 1. The minimum absolute atomic E-state index is 0.122. The van der Waals surface area contributed by atoms with Crippen molar-refractivity contribution in [1.29, 1.82) is 0 Å². The van der Waals surface area contributed by atoms with Gasteiger partial charge in [-0.3, -0.25) is 10.1 Å². The van der Waals surface area contributed by atoms with Gasteiger partial charge in [-0.05, 0) is 36.6 Å². The molecule has 3 rings (SSSR count). The molecule has 0 aliphatic rings. The van der Waals surface area contributed by atoms with Crippen LogP contribution in [0.1, 0.15) is 5.69 Å². The Balaban J connectivity index is 1.55. The van der Waals surface area contributed by atoms with Gasteiger partial charge in [0, 0.05) is 21.0 Å². The average Bonchev–Trinajstić information content (AvgIpc) is 3.08. The van der Waals surface area contributed by atoms with Crippen LogP contribution in [-0.4, -0.2) is 23.2 Å².